The maximum atomic E-state index is 12.1. The fourth-order valence-corrected chi connectivity index (χ4v) is 2.93. The molecule has 1 atom stereocenters. The molecular formula is C11H15N5O2S. The second-order valence-electron chi connectivity index (χ2n) is 4.20. The predicted octanol–water partition coefficient (Wildman–Crippen LogP) is 0.227. The SMILES string of the molecule is CC(Cn1ccnc1)NS(=O)(=O)c1ccnc(N)c1. The molecule has 0 bridgehead atoms. The van der Waals surface area contributed by atoms with Crippen molar-refractivity contribution in [3.05, 3.63) is 37.1 Å². The van der Waals surface area contributed by atoms with E-state index in [1.54, 1.807) is 30.2 Å². The van der Waals surface area contributed by atoms with E-state index in [0.717, 1.165) is 0 Å². The molecule has 0 saturated heterocycles. The normalized spacial score (nSPS) is 13.3. The first-order chi connectivity index (χ1) is 8.97. The van der Waals surface area contributed by atoms with Gasteiger partial charge in [-0.3, -0.25) is 0 Å². The van der Waals surface area contributed by atoms with Gasteiger partial charge in [-0.2, -0.15) is 0 Å². The van der Waals surface area contributed by atoms with Gasteiger partial charge < -0.3 is 10.3 Å². The Morgan fingerprint density at radius 2 is 2.26 bits per heavy atom. The minimum atomic E-state index is -3.59. The highest BCUT2D eigenvalue weighted by Crippen LogP contribution is 2.11. The maximum absolute atomic E-state index is 12.1. The number of aromatic nitrogens is 3. The summed E-state index contributed by atoms with van der Waals surface area (Å²) in [5.41, 5.74) is 5.48. The molecule has 102 valence electrons. The van der Waals surface area contributed by atoms with Gasteiger partial charge in [0.25, 0.3) is 0 Å². The summed E-state index contributed by atoms with van der Waals surface area (Å²) in [6, 6.07) is 2.46. The molecule has 0 radical (unpaired) electrons. The highest BCUT2D eigenvalue weighted by molar-refractivity contribution is 7.89. The first-order valence-electron chi connectivity index (χ1n) is 5.67. The molecule has 0 spiro atoms. The summed E-state index contributed by atoms with van der Waals surface area (Å²) in [5, 5.41) is 0. The lowest BCUT2D eigenvalue weighted by Crippen LogP contribution is -2.35. The van der Waals surface area contributed by atoms with Crippen LogP contribution in [0.4, 0.5) is 5.82 Å². The summed E-state index contributed by atoms with van der Waals surface area (Å²) < 4.78 is 28.6. The summed E-state index contributed by atoms with van der Waals surface area (Å²) in [6.07, 6.45) is 6.42. The van der Waals surface area contributed by atoms with Crippen LogP contribution in [0.25, 0.3) is 0 Å². The Morgan fingerprint density at radius 3 is 2.89 bits per heavy atom. The zero-order valence-electron chi connectivity index (χ0n) is 10.4. The number of hydrogen-bond acceptors (Lipinski definition) is 5. The van der Waals surface area contributed by atoms with Crippen LogP contribution < -0.4 is 10.5 Å². The van der Waals surface area contributed by atoms with Crippen molar-refractivity contribution in [2.24, 2.45) is 0 Å². The van der Waals surface area contributed by atoms with Gasteiger partial charge in [0.05, 0.1) is 11.2 Å². The van der Waals surface area contributed by atoms with Crippen LogP contribution in [0.2, 0.25) is 0 Å². The van der Waals surface area contributed by atoms with E-state index in [0.29, 0.717) is 6.54 Å². The number of nitrogens with two attached hydrogens (primary N) is 1. The molecule has 2 heterocycles. The third-order valence-corrected chi connectivity index (χ3v) is 4.05. The van der Waals surface area contributed by atoms with Gasteiger partial charge in [0, 0.05) is 37.2 Å². The third kappa shape index (κ3) is 3.52. The van der Waals surface area contributed by atoms with Crippen molar-refractivity contribution in [3.8, 4) is 0 Å². The Labute approximate surface area is 111 Å². The number of hydrogen-bond donors (Lipinski definition) is 2. The van der Waals surface area contributed by atoms with Crippen molar-refractivity contribution in [3.63, 3.8) is 0 Å². The van der Waals surface area contributed by atoms with E-state index in [-0.39, 0.29) is 16.8 Å². The number of nitrogen functional groups attached to an aromatic ring is 1. The molecule has 0 saturated carbocycles. The number of nitrogens with one attached hydrogen (secondary N) is 1. The van der Waals surface area contributed by atoms with E-state index in [9.17, 15) is 8.42 Å². The number of imidazole rings is 1. The van der Waals surface area contributed by atoms with Crippen molar-refractivity contribution in [1.82, 2.24) is 19.3 Å². The Kier molecular flexibility index (Phi) is 3.82. The van der Waals surface area contributed by atoms with E-state index in [1.165, 1.54) is 18.3 Å². The zero-order chi connectivity index (χ0) is 13.9. The van der Waals surface area contributed by atoms with Crippen LogP contribution in [-0.4, -0.2) is 29.0 Å². The van der Waals surface area contributed by atoms with E-state index in [1.807, 2.05) is 0 Å². The van der Waals surface area contributed by atoms with Gasteiger partial charge in [-0.05, 0) is 13.0 Å². The summed E-state index contributed by atoms with van der Waals surface area (Å²) >= 11 is 0. The lowest BCUT2D eigenvalue weighted by Gasteiger charge is -2.14. The average Bonchev–Trinajstić information content (AvgIpc) is 2.81. The van der Waals surface area contributed by atoms with Gasteiger partial charge in [-0.15, -0.1) is 0 Å². The summed E-state index contributed by atoms with van der Waals surface area (Å²) in [7, 11) is -3.59. The van der Waals surface area contributed by atoms with Gasteiger partial charge in [-0.1, -0.05) is 0 Å². The molecule has 3 N–H and O–H groups in total. The van der Waals surface area contributed by atoms with Gasteiger partial charge >= 0.3 is 0 Å². The quantitative estimate of drug-likeness (QED) is 0.816. The molecule has 0 amide bonds. The molecule has 2 aromatic rings. The van der Waals surface area contributed by atoms with Gasteiger partial charge in [-0.25, -0.2) is 23.1 Å². The molecule has 2 rings (SSSR count). The minimum absolute atomic E-state index is 0.109. The van der Waals surface area contributed by atoms with Crippen LogP contribution in [0, 0.1) is 0 Å². The Balaban J connectivity index is 2.09. The smallest absolute Gasteiger partial charge is 0.241 e. The third-order valence-electron chi connectivity index (χ3n) is 2.46. The van der Waals surface area contributed by atoms with E-state index in [2.05, 4.69) is 14.7 Å². The number of nitrogens with zero attached hydrogens (tertiary/aromatic N) is 3. The molecule has 0 fully saturated rings. The summed E-state index contributed by atoms with van der Waals surface area (Å²) in [6.45, 7) is 2.28. The standard InChI is InChI=1S/C11H15N5O2S/c1-9(7-16-5-4-13-8-16)15-19(17,18)10-2-3-14-11(12)6-10/h2-6,8-9,15H,7H2,1H3,(H2,12,14). The topological polar surface area (TPSA) is 103 Å². The molecule has 1 unspecified atom stereocenters. The molecule has 0 aliphatic heterocycles. The highest BCUT2D eigenvalue weighted by atomic mass is 32.2. The molecule has 7 nitrogen and oxygen atoms in total. The molecule has 8 heteroatoms. The molecular weight excluding hydrogens is 266 g/mol. The Bertz CT molecular complexity index is 639. The lowest BCUT2D eigenvalue weighted by atomic mass is 10.4. The maximum Gasteiger partial charge on any atom is 0.241 e. The van der Waals surface area contributed by atoms with Gasteiger partial charge in [0.2, 0.25) is 10.0 Å². The van der Waals surface area contributed by atoms with Crippen molar-refractivity contribution < 1.29 is 8.42 Å². The summed E-state index contributed by atoms with van der Waals surface area (Å²) in [4.78, 5) is 7.78. The zero-order valence-corrected chi connectivity index (χ0v) is 11.2. The van der Waals surface area contributed by atoms with E-state index < -0.39 is 10.0 Å². The van der Waals surface area contributed by atoms with Crippen molar-refractivity contribution in [2.45, 2.75) is 24.4 Å². The second-order valence-corrected chi connectivity index (χ2v) is 5.91. The van der Waals surface area contributed by atoms with Crippen LogP contribution in [-0.2, 0) is 16.6 Å². The average molecular weight is 281 g/mol. The number of sulfonamides is 1. The van der Waals surface area contributed by atoms with Crippen molar-refractivity contribution in [1.29, 1.82) is 0 Å². The first-order valence-corrected chi connectivity index (χ1v) is 7.15. The number of rotatable bonds is 5. The van der Waals surface area contributed by atoms with Gasteiger partial charge in [0.1, 0.15) is 5.82 Å². The van der Waals surface area contributed by atoms with Crippen LogP contribution >= 0.6 is 0 Å². The summed E-state index contributed by atoms with van der Waals surface area (Å²) in [5.74, 6) is 0.171. The molecule has 0 aromatic carbocycles. The largest absolute Gasteiger partial charge is 0.384 e. The highest BCUT2D eigenvalue weighted by Gasteiger charge is 2.17. The molecule has 0 aliphatic rings. The van der Waals surface area contributed by atoms with Crippen LogP contribution in [0.5, 0.6) is 0 Å². The van der Waals surface area contributed by atoms with Crippen LogP contribution in [0.3, 0.4) is 0 Å². The number of anilines is 1. The first kappa shape index (κ1) is 13.5. The monoisotopic (exact) mass is 281 g/mol. The molecule has 2 aromatic heterocycles. The van der Waals surface area contributed by atoms with Crippen LogP contribution in [0.1, 0.15) is 6.92 Å². The lowest BCUT2D eigenvalue weighted by molar-refractivity contribution is 0.520. The van der Waals surface area contributed by atoms with Crippen molar-refractivity contribution >= 4 is 15.8 Å². The molecule has 0 aliphatic carbocycles. The Morgan fingerprint density at radius 1 is 1.47 bits per heavy atom. The fourth-order valence-electron chi connectivity index (χ4n) is 1.68. The predicted molar refractivity (Wildman–Crippen MR) is 70.7 cm³/mol. The van der Waals surface area contributed by atoms with Crippen LogP contribution in [0.15, 0.2) is 41.9 Å². The Hall–Kier alpha value is -1.93. The number of pyridine rings is 1. The second kappa shape index (κ2) is 5.37. The van der Waals surface area contributed by atoms with Gasteiger partial charge in [0.15, 0.2) is 0 Å². The van der Waals surface area contributed by atoms with Crippen molar-refractivity contribution in [2.75, 3.05) is 5.73 Å². The fraction of sp³-hybridized carbons (Fsp3) is 0.273. The van der Waals surface area contributed by atoms with E-state index >= 15 is 0 Å². The molecule has 19 heavy (non-hydrogen) atoms. The van der Waals surface area contributed by atoms with E-state index in [4.69, 9.17) is 5.73 Å². The minimum Gasteiger partial charge on any atom is -0.384 e.